The standard InChI is InChI=1S/C4H5NS.C2H4O2.H3O3P/c1-2-4-6-5-3-1;1-2(3)4;1-4(2)3/h1-5H;1H3,(H,3,4);4H,(H2,1,2,3). The monoisotopic (exact) mass is 241 g/mol. The Kier molecular flexibility index (Phi) is 13.7. The first-order chi connectivity index (χ1) is 6.46. The molecule has 0 aromatic rings. The highest BCUT2D eigenvalue weighted by atomic mass is 32.2. The number of carboxylic acids is 1. The Labute approximate surface area is 86.4 Å². The van der Waals surface area contributed by atoms with Gasteiger partial charge in [-0.1, -0.05) is 6.08 Å². The van der Waals surface area contributed by atoms with E-state index < -0.39 is 14.2 Å². The molecule has 82 valence electrons. The van der Waals surface area contributed by atoms with Crippen LogP contribution in [0.3, 0.4) is 0 Å². The maximum atomic E-state index is 9.00. The first-order valence-electron chi connectivity index (χ1n) is 3.31. The van der Waals surface area contributed by atoms with Crippen molar-refractivity contribution in [2.75, 3.05) is 0 Å². The van der Waals surface area contributed by atoms with E-state index in [4.69, 9.17) is 24.3 Å². The number of hydrogen-bond donors (Lipinski definition) is 4. The number of nitrogens with one attached hydrogen (secondary N) is 1. The molecule has 0 spiro atoms. The van der Waals surface area contributed by atoms with E-state index in [1.165, 1.54) is 0 Å². The van der Waals surface area contributed by atoms with Crippen molar-refractivity contribution >= 4 is 26.2 Å². The number of carbonyl (C=O) groups is 1. The summed E-state index contributed by atoms with van der Waals surface area (Å²) in [6.07, 6.45) is 5.84. The summed E-state index contributed by atoms with van der Waals surface area (Å²) in [5.74, 6) is -0.833. The minimum Gasteiger partial charge on any atom is -0.481 e. The molecule has 0 bridgehead atoms. The van der Waals surface area contributed by atoms with Crippen LogP contribution in [0.15, 0.2) is 23.8 Å². The number of rotatable bonds is 0. The van der Waals surface area contributed by atoms with Crippen LogP contribution in [0, 0.1) is 0 Å². The quantitative estimate of drug-likeness (QED) is 0.365. The first kappa shape index (κ1) is 15.7. The largest absolute Gasteiger partial charge is 0.481 e. The second-order valence-electron chi connectivity index (χ2n) is 1.72. The van der Waals surface area contributed by atoms with Gasteiger partial charge >= 0.3 is 8.25 Å². The molecule has 6 nitrogen and oxygen atoms in total. The number of allylic oxidation sites excluding steroid dienone is 2. The fourth-order valence-corrected chi connectivity index (χ4v) is 0.663. The molecule has 0 aliphatic carbocycles. The van der Waals surface area contributed by atoms with E-state index in [1.54, 1.807) is 11.9 Å². The predicted molar refractivity (Wildman–Crippen MR) is 55.8 cm³/mol. The molecule has 0 amide bonds. The van der Waals surface area contributed by atoms with Crippen LogP contribution in [0.5, 0.6) is 0 Å². The fraction of sp³-hybridized carbons (Fsp3) is 0.167. The molecule has 4 N–H and O–H groups in total. The third-order valence-electron chi connectivity index (χ3n) is 0.490. The van der Waals surface area contributed by atoms with Crippen LogP contribution in [0.1, 0.15) is 6.92 Å². The minimum absolute atomic E-state index is 0.833. The summed E-state index contributed by atoms with van der Waals surface area (Å²) < 4.78 is 11.7. The van der Waals surface area contributed by atoms with E-state index in [1.807, 2.05) is 23.8 Å². The lowest BCUT2D eigenvalue weighted by atomic mass is 10.6. The molecule has 0 aromatic carbocycles. The zero-order valence-electron chi connectivity index (χ0n) is 7.38. The van der Waals surface area contributed by atoms with Gasteiger partial charge in [0.2, 0.25) is 0 Å². The normalized spacial score (nSPS) is 11.7. The van der Waals surface area contributed by atoms with Gasteiger partial charge in [0.05, 0.1) is 0 Å². The lowest BCUT2D eigenvalue weighted by Gasteiger charge is -1.93. The molecular weight excluding hydrogens is 229 g/mol. The highest BCUT2D eigenvalue weighted by Gasteiger charge is 1.74. The fourth-order valence-electron chi connectivity index (χ4n) is 0.258. The molecule has 0 aromatic heterocycles. The van der Waals surface area contributed by atoms with Crippen molar-refractivity contribution in [2.24, 2.45) is 0 Å². The van der Waals surface area contributed by atoms with Gasteiger partial charge in [0.1, 0.15) is 0 Å². The van der Waals surface area contributed by atoms with E-state index in [-0.39, 0.29) is 0 Å². The Bertz CT molecular complexity index is 198. The van der Waals surface area contributed by atoms with Crippen LogP contribution >= 0.6 is 20.2 Å². The molecule has 0 unspecified atom stereocenters. The Morgan fingerprint density at radius 1 is 1.43 bits per heavy atom. The van der Waals surface area contributed by atoms with E-state index in [0.717, 1.165) is 6.92 Å². The average Bonchev–Trinajstić information content (AvgIpc) is 2.05. The summed E-state index contributed by atoms with van der Waals surface area (Å²) in [6.45, 7) is 1.08. The molecule has 1 heterocycles. The summed E-state index contributed by atoms with van der Waals surface area (Å²) in [5.41, 5.74) is 0. The summed E-state index contributed by atoms with van der Waals surface area (Å²) in [5, 5.41) is 9.40. The molecule has 1 rings (SSSR count). The Balaban J connectivity index is 0. The summed E-state index contributed by atoms with van der Waals surface area (Å²) in [4.78, 5) is 23.3. The lowest BCUT2D eigenvalue weighted by molar-refractivity contribution is -0.134. The maximum absolute atomic E-state index is 9.00. The summed E-state index contributed by atoms with van der Waals surface area (Å²) in [7, 11) is -3.13. The van der Waals surface area contributed by atoms with Gasteiger partial charge in [0.25, 0.3) is 5.97 Å². The molecular formula is C6H12NO5PS. The first-order valence-corrected chi connectivity index (χ1v) is 5.49. The van der Waals surface area contributed by atoms with Gasteiger partial charge in [-0.2, -0.15) is 0 Å². The van der Waals surface area contributed by atoms with Crippen molar-refractivity contribution in [3.05, 3.63) is 23.8 Å². The zero-order chi connectivity index (χ0) is 11.4. The molecule has 0 saturated carbocycles. The molecule has 1 aliphatic heterocycles. The number of hydrogen-bond acceptors (Lipinski definition) is 4. The van der Waals surface area contributed by atoms with Gasteiger partial charge in [-0.3, -0.25) is 9.36 Å². The molecule has 8 heteroatoms. The van der Waals surface area contributed by atoms with Crippen LogP contribution in [-0.4, -0.2) is 20.9 Å². The Morgan fingerprint density at radius 3 is 1.93 bits per heavy atom. The zero-order valence-corrected chi connectivity index (χ0v) is 9.19. The SMILES string of the molecule is C1=CNSC=C1.CC(=O)O.O=[PH](O)O. The minimum atomic E-state index is -3.13. The number of aliphatic carboxylic acids is 1. The second kappa shape index (κ2) is 12.2. The highest BCUT2D eigenvalue weighted by molar-refractivity contribution is 8.00. The number of carboxylic acid groups (broad SMARTS) is 1. The van der Waals surface area contributed by atoms with Crippen molar-refractivity contribution in [3.63, 3.8) is 0 Å². The van der Waals surface area contributed by atoms with Crippen molar-refractivity contribution in [3.8, 4) is 0 Å². The van der Waals surface area contributed by atoms with Gasteiger partial charge in [0.15, 0.2) is 0 Å². The van der Waals surface area contributed by atoms with Crippen molar-refractivity contribution in [1.82, 2.24) is 4.72 Å². The van der Waals surface area contributed by atoms with Crippen LogP contribution in [0.2, 0.25) is 0 Å². The maximum Gasteiger partial charge on any atom is 0.314 e. The summed E-state index contributed by atoms with van der Waals surface area (Å²) >= 11 is 1.58. The van der Waals surface area contributed by atoms with Gasteiger partial charge in [0, 0.05) is 13.1 Å². The Hall–Kier alpha value is -0.750. The lowest BCUT2D eigenvalue weighted by Crippen LogP contribution is -1.88. The van der Waals surface area contributed by atoms with Gasteiger partial charge in [-0.15, -0.1) is 0 Å². The van der Waals surface area contributed by atoms with Crippen molar-refractivity contribution in [2.45, 2.75) is 6.92 Å². The molecule has 0 atom stereocenters. The third-order valence-corrected chi connectivity index (χ3v) is 1.06. The molecule has 0 radical (unpaired) electrons. The van der Waals surface area contributed by atoms with Crippen LogP contribution in [0.4, 0.5) is 0 Å². The third kappa shape index (κ3) is 42.9. The second-order valence-corrected chi connectivity index (χ2v) is 3.03. The highest BCUT2D eigenvalue weighted by Crippen LogP contribution is 1.99. The van der Waals surface area contributed by atoms with E-state index in [0.29, 0.717) is 0 Å². The van der Waals surface area contributed by atoms with Crippen molar-refractivity contribution < 1.29 is 24.3 Å². The smallest absolute Gasteiger partial charge is 0.314 e. The van der Waals surface area contributed by atoms with E-state index >= 15 is 0 Å². The van der Waals surface area contributed by atoms with E-state index in [2.05, 4.69) is 4.72 Å². The van der Waals surface area contributed by atoms with Crippen LogP contribution in [-0.2, 0) is 9.36 Å². The molecule has 0 fully saturated rings. The van der Waals surface area contributed by atoms with Crippen LogP contribution in [0.25, 0.3) is 0 Å². The van der Waals surface area contributed by atoms with Crippen molar-refractivity contribution in [1.29, 1.82) is 0 Å². The van der Waals surface area contributed by atoms with Crippen LogP contribution < -0.4 is 4.72 Å². The van der Waals surface area contributed by atoms with Gasteiger partial charge < -0.3 is 19.6 Å². The molecule has 0 saturated heterocycles. The van der Waals surface area contributed by atoms with Gasteiger partial charge in [-0.25, -0.2) is 0 Å². The topological polar surface area (TPSA) is 107 Å². The van der Waals surface area contributed by atoms with E-state index in [9.17, 15) is 0 Å². The van der Waals surface area contributed by atoms with Gasteiger partial charge in [-0.05, 0) is 23.4 Å². The molecule has 14 heavy (non-hydrogen) atoms. The average molecular weight is 241 g/mol. The molecule has 1 aliphatic rings. The Morgan fingerprint density at radius 2 is 1.86 bits per heavy atom. The predicted octanol–water partition coefficient (Wildman–Crippen LogP) is 0.717. The summed E-state index contributed by atoms with van der Waals surface area (Å²) in [6, 6.07) is 0.